The van der Waals surface area contributed by atoms with E-state index in [0.29, 0.717) is 26.4 Å². The zero-order valence-electron chi connectivity index (χ0n) is 22.9. The molecule has 0 radical (unpaired) electrons. The van der Waals surface area contributed by atoms with E-state index in [1.54, 1.807) is 27.7 Å². The van der Waals surface area contributed by atoms with Gasteiger partial charge in [-0.05, 0) is 59.7 Å². The zero-order valence-corrected chi connectivity index (χ0v) is 23.7. The third-order valence-electron chi connectivity index (χ3n) is 6.13. The zero-order chi connectivity index (χ0) is 29.2. The van der Waals surface area contributed by atoms with E-state index >= 15 is 0 Å². The lowest BCUT2D eigenvalue weighted by Gasteiger charge is -2.26. The van der Waals surface area contributed by atoms with Crippen LogP contribution in [0.4, 0.5) is 9.39 Å². The Morgan fingerprint density at radius 2 is 2.00 bits per heavy atom. The van der Waals surface area contributed by atoms with Gasteiger partial charge in [0.15, 0.2) is 0 Å². The average molecular weight is 562 g/mol. The number of fused-ring (bicyclic) bond motifs is 1. The fraction of sp³-hybridized carbons (Fsp3) is 0.423. The molecule has 1 atom stereocenters. The van der Waals surface area contributed by atoms with Crippen LogP contribution in [-0.4, -0.2) is 46.4 Å². The van der Waals surface area contributed by atoms with Crippen LogP contribution in [0.15, 0.2) is 38.0 Å². The van der Waals surface area contributed by atoms with Crippen molar-refractivity contribution in [1.29, 1.82) is 0 Å². The molecule has 0 fully saturated rings. The maximum absolute atomic E-state index is 14.3. The predicted molar refractivity (Wildman–Crippen MR) is 150 cm³/mol. The Morgan fingerprint density at radius 1 is 1.33 bits per heavy atom. The normalized spacial score (nSPS) is 12.8. The summed E-state index contributed by atoms with van der Waals surface area (Å²) in [5.41, 5.74) is -2.74. The molecular formula is C26H32FN5O6S. The standard InChI is InChI=1S/C26H32FN5O6S/c1-9-29-32(28-7)22-15(4)20-21(33)31(26(5,6)24(34)35)25(36)30(23(20)39-22)13-19(38-14(2)3)17-12-16(27)10-11-18(17)37-8/h9-12,14,19H,7,13H2,1-6,8H3,(H,34,35)/b29-9-/t19-/m0/s1. The van der Waals surface area contributed by atoms with Crippen molar-refractivity contribution in [3.8, 4) is 5.75 Å². The van der Waals surface area contributed by atoms with Gasteiger partial charge in [-0.2, -0.15) is 10.2 Å². The Labute approximate surface area is 228 Å². The molecule has 3 rings (SSSR count). The summed E-state index contributed by atoms with van der Waals surface area (Å²) >= 11 is 1.07. The molecule has 0 bridgehead atoms. The predicted octanol–water partition coefficient (Wildman–Crippen LogP) is 4.09. The molecule has 0 unspecified atom stereocenters. The number of hydrogen-bond acceptors (Lipinski definition) is 9. The summed E-state index contributed by atoms with van der Waals surface area (Å²) in [4.78, 5) is 40.1. The van der Waals surface area contributed by atoms with Crippen molar-refractivity contribution in [2.45, 2.75) is 65.8 Å². The molecule has 1 aromatic carbocycles. The highest BCUT2D eigenvalue weighted by Crippen LogP contribution is 2.38. The minimum absolute atomic E-state index is 0.124. The van der Waals surface area contributed by atoms with E-state index in [9.17, 15) is 23.9 Å². The van der Waals surface area contributed by atoms with Gasteiger partial charge < -0.3 is 14.6 Å². The number of hydrazone groups is 2. The Hall–Kier alpha value is -3.84. The van der Waals surface area contributed by atoms with Crippen LogP contribution in [-0.2, 0) is 21.6 Å². The number of ether oxygens (including phenoxy) is 2. The van der Waals surface area contributed by atoms with Crippen LogP contribution in [0.5, 0.6) is 5.75 Å². The van der Waals surface area contributed by atoms with Gasteiger partial charge >= 0.3 is 11.7 Å². The third-order valence-corrected chi connectivity index (χ3v) is 7.41. The summed E-state index contributed by atoms with van der Waals surface area (Å²) in [6.45, 7) is 12.8. The van der Waals surface area contributed by atoms with Crippen molar-refractivity contribution in [3.05, 3.63) is 56.0 Å². The topological polar surface area (TPSA) is 128 Å². The van der Waals surface area contributed by atoms with Crippen LogP contribution in [0.3, 0.4) is 0 Å². The Kier molecular flexibility index (Phi) is 8.76. The van der Waals surface area contributed by atoms with Gasteiger partial charge in [-0.15, -0.1) is 5.12 Å². The number of thiophene rings is 1. The molecular weight excluding hydrogens is 529 g/mol. The van der Waals surface area contributed by atoms with Crippen molar-refractivity contribution in [3.63, 3.8) is 0 Å². The number of aromatic nitrogens is 2. The SMILES string of the molecule is C=NN(/N=C\C)c1sc2c(c1C)c(=O)n(C(C)(C)C(=O)O)c(=O)n2C[C@H](OC(C)C)c1cc(F)ccc1OC. The second kappa shape index (κ2) is 11.5. The number of benzene rings is 1. The highest BCUT2D eigenvalue weighted by molar-refractivity contribution is 7.22. The van der Waals surface area contributed by atoms with E-state index in [1.807, 2.05) is 0 Å². The van der Waals surface area contributed by atoms with Crippen LogP contribution in [0.25, 0.3) is 10.2 Å². The van der Waals surface area contributed by atoms with Crippen molar-refractivity contribution < 1.29 is 23.8 Å². The number of methoxy groups -OCH3 is 1. The number of carboxylic acids is 1. The average Bonchev–Trinajstić information content (AvgIpc) is 3.20. The number of aryl methyl sites for hydroxylation is 1. The summed E-state index contributed by atoms with van der Waals surface area (Å²) in [6.07, 6.45) is 0.249. The van der Waals surface area contributed by atoms with Gasteiger partial charge in [-0.25, -0.2) is 18.5 Å². The summed E-state index contributed by atoms with van der Waals surface area (Å²) in [5.74, 6) is -1.56. The Bertz CT molecular complexity index is 1550. The van der Waals surface area contributed by atoms with E-state index in [0.717, 1.165) is 11.3 Å². The number of anilines is 1. The Balaban J connectivity index is 2.45. The molecule has 11 nitrogen and oxygen atoms in total. The first kappa shape index (κ1) is 29.7. The minimum Gasteiger partial charge on any atom is -0.496 e. The fourth-order valence-electron chi connectivity index (χ4n) is 4.20. The molecule has 0 amide bonds. The van der Waals surface area contributed by atoms with Crippen molar-refractivity contribution in [2.24, 2.45) is 10.2 Å². The first-order valence-electron chi connectivity index (χ1n) is 12.1. The van der Waals surface area contributed by atoms with E-state index in [-0.39, 0.29) is 22.9 Å². The maximum Gasteiger partial charge on any atom is 0.333 e. The molecule has 3 aromatic rings. The smallest absolute Gasteiger partial charge is 0.333 e. The largest absolute Gasteiger partial charge is 0.496 e. The first-order valence-corrected chi connectivity index (χ1v) is 12.9. The van der Waals surface area contributed by atoms with Gasteiger partial charge in [0.25, 0.3) is 5.56 Å². The van der Waals surface area contributed by atoms with Crippen LogP contribution in [0.1, 0.15) is 51.8 Å². The first-order chi connectivity index (χ1) is 18.3. The molecule has 0 spiro atoms. The van der Waals surface area contributed by atoms with Crippen LogP contribution < -0.4 is 21.1 Å². The van der Waals surface area contributed by atoms with Gasteiger partial charge in [0.1, 0.15) is 33.0 Å². The second-order valence-corrected chi connectivity index (χ2v) is 10.5. The lowest BCUT2D eigenvalue weighted by molar-refractivity contribution is -0.146. The van der Waals surface area contributed by atoms with Crippen LogP contribution >= 0.6 is 11.3 Å². The molecule has 13 heteroatoms. The fourth-order valence-corrected chi connectivity index (χ4v) is 5.43. The van der Waals surface area contributed by atoms with Crippen molar-refractivity contribution >= 4 is 45.5 Å². The Morgan fingerprint density at radius 3 is 2.54 bits per heavy atom. The highest BCUT2D eigenvalue weighted by Gasteiger charge is 2.36. The molecule has 0 aliphatic rings. The quantitative estimate of drug-likeness (QED) is 0.276. The number of aliphatic carboxylic acids is 1. The van der Waals surface area contributed by atoms with E-state index < -0.39 is 34.7 Å². The minimum atomic E-state index is -1.89. The van der Waals surface area contributed by atoms with Gasteiger partial charge in [-0.1, -0.05) is 11.3 Å². The number of hydrogen-bond donors (Lipinski definition) is 1. The lowest BCUT2D eigenvalue weighted by atomic mass is 10.1. The van der Waals surface area contributed by atoms with Gasteiger partial charge in [-0.3, -0.25) is 9.36 Å². The van der Waals surface area contributed by atoms with Crippen molar-refractivity contribution in [2.75, 3.05) is 12.2 Å². The molecule has 39 heavy (non-hydrogen) atoms. The number of rotatable bonds is 11. The lowest BCUT2D eigenvalue weighted by Crippen LogP contribution is -2.52. The monoisotopic (exact) mass is 561 g/mol. The van der Waals surface area contributed by atoms with E-state index in [4.69, 9.17) is 9.47 Å². The number of carbonyl (C=O) groups is 1. The second-order valence-electron chi connectivity index (χ2n) is 9.47. The van der Waals surface area contributed by atoms with Gasteiger partial charge in [0, 0.05) is 24.1 Å². The summed E-state index contributed by atoms with van der Waals surface area (Å²) in [6, 6.07) is 3.96. The maximum atomic E-state index is 14.3. The number of nitrogens with zero attached hydrogens (tertiary/aromatic N) is 5. The summed E-state index contributed by atoms with van der Waals surface area (Å²) in [7, 11) is 1.43. The molecule has 1 N–H and O–H groups in total. The van der Waals surface area contributed by atoms with Gasteiger partial charge in [0.2, 0.25) is 0 Å². The van der Waals surface area contributed by atoms with E-state index in [1.165, 1.54) is 55.1 Å². The summed E-state index contributed by atoms with van der Waals surface area (Å²) in [5, 5.41) is 19.7. The molecule has 0 aliphatic carbocycles. The van der Waals surface area contributed by atoms with Crippen molar-refractivity contribution in [1.82, 2.24) is 9.13 Å². The number of carboxylic acid groups (broad SMARTS) is 1. The molecule has 2 heterocycles. The van der Waals surface area contributed by atoms with Gasteiger partial charge in [0.05, 0.1) is 25.1 Å². The molecule has 210 valence electrons. The molecule has 0 saturated heterocycles. The highest BCUT2D eigenvalue weighted by atomic mass is 32.1. The van der Waals surface area contributed by atoms with E-state index in [2.05, 4.69) is 16.9 Å². The van der Waals surface area contributed by atoms with Crippen LogP contribution in [0.2, 0.25) is 0 Å². The number of halogens is 1. The third kappa shape index (κ3) is 5.50. The van der Waals surface area contributed by atoms with Crippen LogP contribution in [0, 0.1) is 12.7 Å². The molecule has 2 aromatic heterocycles. The molecule has 0 aliphatic heterocycles. The molecule has 0 saturated carbocycles. The summed E-state index contributed by atoms with van der Waals surface area (Å²) < 4.78 is 27.9.